The molecule has 2 rings (SSSR count). The highest BCUT2D eigenvalue weighted by atomic mass is 35.5. The predicted molar refractivity (Wildman–Crippen MR) is 69.7 cm³/mol. The fraction of sp³-hybridized carbons (Fsp3) is 0.308. The molecule has 0 spiro atoms. The van der Waals surface area contributed by atoms with Crippen LogP contribution < -0.4 is 5.73 Å². The maximum atomic E-state index is 11.8. The number of halogens is 1. The summed E-state index contributed by atoms with van der Waals surface area (Å²) in [5.74, 6) is 0.0212. The smallest absolute Gasteiger partial charge is 0.246 e. The van der Waals surface area contributed by atoms with Crippen molar-refractivity contribution in [3.05, 3.63) is 40.9 Å². The molecule has 0 aliphatic carbocycles. The Kier molecular flexibility index (Phi) is 3.82. The molecule has 90 valence electrons. The molecule has 0 aromatic heterocycles. The fourth-order valence-corrected chi connectivity index (χ4v) is 1.96. The van der Waals surface area contributed by atoms with Crippen LogP contribution in [-0.4, -0.2) is 29.9 Å². The van der Waals surface area contributed by atoms with Crippen LogP contribution in [0.25, 0.3) is 6.08 Å². The molecule has 1 atom stereocenters. The van der Waals surface area contributed by atoms with E-state index in [2.05, 4.69) is 0 Å². The molecule has 1 saturated heterocycles. The minimum atomic E-state index is 0.0212. The molecule has 3 nitrogen and oxygen atoms in total. The normalized spacial score (nSPS) is 20.1. The molecule has 0 bridgehead atoms. The summed E-state index contributed by atoms with van der Waals surface area (Å²) in [5, 5.41) is 0.694. The lowest BCUT2D eigenvalue weighted by atomic mass is 10.2. The van der Waals surface area contributed by atoms with Crippen molar-refractivity contribution in [3.63, 3.8) is 0 Å². The minimum absolute atomic E-state index is 0.0212. The van der Waals surface area contributed by atoms with Crippen LogP contribution in [0.3, 0.4) is 0 Å². The van der Waals surface area contributed by atoms with Gasteiger partial charge in [0.15, 0.2) is 0 Å². The Bertz CT molecular complexity index is 428. The van der Waals surface area contributed by atoms with E-state index < -0.39 is 0 Å². The Balaban J connectivity index is 1.96. The second-order valence-electron chi connectivity index (χ2n) is 4.22. The second kappa shape index (κ2) is 5.34. The van der Waals surface area contributed by atoms with Gasteiger partial charge in [0.1, 0.15) is 0 Å². The quantitative estimate of drug-likeness (QED) is 0.815. The van der Waals surface area contributed by atoms with Crippen LogP contribution in [-0.2, 0) is 4.79 Å². The van der Waals surface area contributed by atoms with Crippen LogP contribution >= 0.6 is 11.6 Å². The number of nitrogens with zero attached hydrogens (tertiary/aromatic N) is 1. The highest BCUT2D eigenvalue weighted by molar-refractivity contribution is 6.30. The van der Waals surface area contributed by atoms with E-state index in [4.69, 9.17) is 17.3 Å². The monoisotopic (exact) mass is 250 g/mol. The molecule has 1 aliphatic rings. The van der Waals surface area contributed by atoms with E-state index in [0.717, 1.165) is 18.5 Å². The molecular weight excluding hydrogens is 236 g/mol. The number of benzene rings is 1. The maximum absolute atomic E-state index is 11.8. The third-order valence-electron chi connectivity index (χ3n) is 2.82. The molecule has 0 saturated carbocycles. The Morgan fingerprint density at radius 3 is 2.71 bits per heavy atom. The van der Waals surface area contributed by atoms with Crippen molar-refractivity contribution in [2.75, 3.05) is 13.1 Å². The Morgan fingerprint density at radius 2 is 2.12 bits per heavy atom. The van der Waals surface area contributed by atoms with Gasteiger partial charge in [0, 0.05) is 30.2 Å². The van der Waals surface area contributed by atoms with Crippen LogP contribution in [0.5, 0.6) is 0 Å². The van der Waals surface area contributed by atoms with E-state index in [1.807, 2.05) is 12.1 Å². The zero-order valence-electron chi connectivity index (χ0n) is 9.47. The van der Waals surface area contributed by atoms with E-state index >= 15 is 0 Å². The molecule has 1 amide bonds. The Morgan fingerprint density at radius 1 is 1.41 bits per heavy atom. The number of hydrogen-bond acceptors (Lipinski definition) is 2. The first kappa shape index (κ1) is 12.1. The average molecular weight is 251 g/mol. The molecule has 0 radical (unpaired) electrons. The van der Waals surface area contributed by atoms with Gasteiger partial charge in [0.2, 0.25) is 5.91 Å². The van der Waals surface area contributed by atoms with E-state index in [1.54, 1.807) is 29.2 Å². The third kappa shape index (κ3) is 3.32. The van der Waals surface area contributed by atoms with Crippen LogP contribution in [0.15, 0.2) is 30.3 Å². The Hall–Kier alpha value is -1.32. The summed E-state index contributed by atoms with van der Waals surface area (Å²) in [7, 11) is 0. The number of likely N-dealkylation sites (tertiary alicyclic amines) is 1. The second-order valence-corrected chi connectivity index (χ2v) is 4.65. The average Bonchev–Trinajstić information content (AvgIpc) is 2.75. The first-order chi connectivity index (χ1) is 8.15. The standard InChI is InChI=1S/C13H15ClN2O/c14-11-4-1-10(2-5-11)3-6-13(17)16-8-7-12(15)9-16/h1-6,12H,7-9,15H2/b6-3+/t12-/m0/s1. The van der Waals surface area contributed by atoms with Gasteiger partial charge in [-0.3, -0.25) is 4.79 Å². The van der Waals surface area contributed by atoms with Crippen molar-refractivity contribution in [2.45, 2.75) is 12.5 Å². The first-order valence-corrected chi connectivity index (χ1v) is 6.01. The predicted octanol–water partition coefficient (Wildman–Crippen LogP) is 1.91. The lowest BCUT2D eigenvalue weighted by molar-refractivity contribution is -0.124. The van der Waals surface area contributed by atoms with E-state index in [0.29, 0.717) is 11.6 Å². The van der Waals surface area contributed by atoms with Crippen LogP contribution in [0.1, 0.15) is 12.0 Å². The SMILES string of the molecule is N[C@H]1CCN(C(=O)/C=C/c2ccc(Cl)cc2)C1. The van der Waals surface area contributed by atoms with Gasteiger partial charge in [-0.1, -0.05) is 23.7 Å². The van der Waals surface area contributed by atoms with Crippen LogP contribution in [0, 0.1) is 0 Å². The topological polar surface area (TPSA) is 46.3 Å². The largest absolute Gasteiger partial charge is 0.338 e. The number of nitrogens with two attached hydrogens (primary N) is 1. The van der Waals surface area contributed by atoms with Crippen molar-refractivity contribution in [1.82, 2.24) is 4.90 Å². The highest BCUT2D eigenvalue weighted by Gasteiger charge is 2.21. The van der Waals surface area contributed by atoms with Gasteiger partial charge in [0.25, 0.3) is 0 Å². The Labute approximate surface area is 106 Å². The van der Waals surface area contributed by atoms with E-state index in [9.17, 15) is 4.79 Å². The summed E-state index contributed by atoms with van der Waals surface area (Å²) >= 11 is 5.78. The van der Waals surface area contributed by atoms with E-state index in [1.165, 1.54) is 0 Å². The molecular formula is C13H15ClN2O. The summed E-state index contributed by atoms with van der Waals surface area (Å²) in [5.41, 5.74) is 6.72. The van der Waals surface area contributed by atoms with Gasteiger partial charge in [-0.25, -0.2) is 0 Å². The number of rotatable bonds is 2. The first-order valence-electron chi connectivity index (χ1n) is 5.63. The molecule has 1 aromatic carbocycles. The van der Waals surface area contributed by atoms with Crippen molar-refractivity contribution < 1.29 is 4.79 Å². The molecule has 17 heavy (non-hydrogen) atoms. The lowest BCUT2D eigenvalue weighted by Crippen LogP contribution is -2.30. The maximum Gasteiger partial charge on any atom is 0.246 e. The van der Waals surface area contributed by atoms with Crippen LogP contribution in [0.2, 0.25) is 5.02 Å². The van der Waals surface area contributed by atoms with Crippen molar-refractivity contribution in [3.8, 4) is 0 Å². The summed E-state index contributed by atoms with van der Waals surface area (Å²) in [6, 6.07) is 7.49. The van der Waals surface area contributed by atoms with E-state index in [-0.39, 0.29) is 11.9 Å². The zero-order chi connectivity index (χ0) is 12.3. The van der Waals surface area contributed by atoms with Gasteiger partial charge in [-0.05, 0) is 30.2 Å². The van der Waals surface area contributed by atoms with Gasteiger partial charge in [-0.2, -0.15) is 0 Å². The minimum Gasteiger partial charge on any atom is -0.338 e. The van der Waals surface area contributed by atoms with Crippen LogP contribution in [0.4, 0.5) is 0 Å². The third-order valence-corrected chi connectivity index (χ3v) is 3.08. The molecule has 2 N–H and O–H groups in total. The van der Waals surface area contributed by atoms with Crippen molar-refractivity contribution >= 4 is 23.6 Å². The molecule has 1 fully saturated rings. The van der Waals surface area contributed by atoms with Crippen molar-refractivity contribution in [2.24, 2.45) is 5.73 Å². The van der Waals surface area contributed by atoms with Gasteiger partial charge >= 0.3 is 0 Å². The fourth-order valence-electron chi connectivity index (χ4n) is 1.83. The number of carbonyl (C=O) groups is 1. The van der Waals surface area contributed by atoms with Gasteiger partial charge in [-0.15, -0.1) is 0 Å². The molecule has 4 heteroatoms. The number of amides is 1. The zero-order valence-corrected chi connectivity index (χ0v) is 10.2. The number of carbonyl (C=O) groups excluding carboxylic acids is 1. The summed E-state index contributed by atoms with van der Waals surface area (Å²) in [6.07, 6.45) is 4.27. The van der Waals surface area contributed by atoms with Gasteiger partial charge < -0.3 is 10.6 Å². The summed E-state index contributed by atoms with van der Waals surface area (Å²) in [4.78, 5) is 13.6. The highest BCUT2D eigenvalue weighted by Crippen LogP contribution is 2.12. The molecule has 0 unspecified atom stereocenters. The molecule has 1 aliphatic heterocycles. The number of hydrogen-bond donors (Lipinski definition) is 1. The van der Waals surface area contributed by atoms with Crippen molar-refractivity contribution in [1.29, 1.82) is 0 Å². The summed E-state index contributed by atoms with van der Waals surface area (Å²) < 4.78 is 0. The molecule has 1 aromatic rings. The lowest BCUT2D eigenvalue weighted by Gasteiger charge is -2.12. The van der Waals surface area contributed by atoms with Gasteiger partial charge in [0.05, 0.1) is 0 Å². The molecule has 1 heterocycles. The summed E-state index contributed by atoms with van der Waals surface area (Å²) in [6.45, 7) is 1.41.